The lowest BCUT2D eigenvalue weighted by Gasteiger charge is -2.13. The number of hydrogen-bond acceptors (Lipinski definition) is 4. The lowest BCUT2D eigenvalue weighted by atomic mass is 10.2. The van der Waals surface area contributed by atoms with Crippen molar-refractivity contribution in [3.8, 4) is 11.4 Å². The van der Waals surface area contributed by atoms with Crippen molar-refractivity contribution in [2.75, 3.05) is 0 Å². The molecule has 0 atom stereocenters. The minimum Gasteiger partial charge on any atom is -0.294 e. The molecule has 0 aliphatic heterocycles. The van der Waals surface area contributed by atoms with Gasteiger partial charge in [0.2, 0.25) is 0 Å². The number of nitrogens with zero attached hydrogens (tertiary/aromatic N) is 3. The first-order valence-electron chi connectivity index (χ1n) is 5.65. The van der Waals surface area contributed by atoms with Crippen molar-refractivity contribution in [3.63, 3.8) is 0 Å². The number of hydrogen-bond donors (Lipinski definition) is 1. The average molecular weight is 380 g/mol. The van der Waals surface area contributed by atoms with Crippen LogP contribution in [0.25, 0.3) is 11.4 Å². The third kappa shape index (κ3) is 2.88. The summed E-state index contributed by atoms with van der Waals surface area (Å²) in [5.41, 5.74) is 0.581. The average Bonchev–Trinajstić information content (AvgIpc) is 2.76. The Labute approximate surface area is 130 Å². The molecule has 0 aliphatic carbocycles. The Hall–Kier alpha value is -0.960. The quantitative estimate of drug-likeness (QED) is 0.887. The molecule has 0 saturated heterocycles. The Bertz CT molecular complexity index is 758. The van der Waals surface area contributed by atoms with Gasteiger partial charge in [-0.05, 0) is 32.0 Å². The van der Waals surface area contributed by atoms with Crippen LogP contribution >= 0.6 is 27.5 Å². The van der Waals surface area contributed by atoms with E-state index in [1.54, 1.807) is 18.2 Å². The van der Waals surface area contributed by atoms with E-state index in [1.807, 2.05) is 13.8 Å². The topological polar surface area (TPSA) is 90.9 Å². The predicted molar refractivity (Wildman–Crippen MR) is 79.9 cm³/mol. The molecular formula is C11H12BrClN4O2S. The first kappa shape index (κ1) is 15.4. The molecule has 0 radical (unpaired) electrons. The number of benzene rings is 1. The molecule has 1 heterocycles. The van der Waals surface area contributed by atoms with E-state index in [9.17, 15) is 8.42 Å². The summed E-state index contributed by atoms with van der Waals surface area (Å²) in [4.78, 5) is 0. The van der Waals surface area contributed by atoms with Gasteiger partial charge in [0.25, 0.3) is 15.2 Å². The first-order valence-corrected chi connectivity index (χ1v) is 8.36. The van der Waals surface area contributed by atoms with Crippen LogP contribution in [0, 0.1) is 0 Å². The molecule has 108 valence electrons. The van der Waals surface area contributed by atoms with Gasteiger partial charge in [0, 0.05) is 16.1 Å². The lowest BCUT2D eigenvalue weighted by molar-refractivity contribution is 0.524. The Balaban J connectivity index is 2.76. The number of rotatable bonds is 3. The zero-order chi connectivity index (χ0) is 15.1. The van der Waals surface area contributed by atoms with Crippen molar-refractivity contribution in [1.29, 1.82) is 0 Å². The van der Waals surface area contributed by atoms with Crippen LogP contribution in [-0.4, -0.2) is 23.2 Å². The fourth-order valence-electron chi connectivity index (χ4n) is 1.79. The van der Waals surface area contributed by atoms with Crippen molar-refractivity contribution >= 4 is 37.6 Å². The molecule has 1 aromatic heterocycles. The molecule has 6 nitrogen and oxygen atoms in total. The van der Waals surface area contributed by atoms with Gasteiger partial charge >= 0.3 is 0 Å². The number of sulfonamides is 1. The molecule has 0 amide bonds. The highest BCUT2D eigenvalue weighted by molar-refractivity contribution is 9.10. The van der Waals surface area contributed by atoms with Gasteiger partial charge in [-0.1, -0.05) is 27.5 Å². The van der Waals surface area contributed by atoms with Crippen LogP contribution in [0.3, 0.4) is 0 Å². The van der Waals surface area contributed by atoms with Gasteiger partial charge in [0.15, 0.2) is 5.82 Å². The zero-order valence-corrected chi connectivity index (χ0v) is 13.9. The molecule has 2 aromatic rings. The highest BCUT2D eigenvalue weighted by atomic mass is 79.9. The van der Waals surface area contributed by atoms with Gasteiger partial charge in [-0.15, -0.1) is 10.2 Å². The Morgan fingerprint density at radius 3 is 2.55 bits per heavy atom. The van der Waals surface area contributed by atoms with E-state index in [0.717, 1.165) is 4.47 Å². The van der Waals surface area contributed by atoms with Crippen molar-refractivity contribution in [2.24, 2.45) is 5.14 Å². The molecule has 0 aliphatic rings. The summed E-state index contributed by atoms with van der Waals surface area (Å²) in [6.07, 6.45) is 0. The van der Waals surface area contributed by atoms with Gasteiger partial charge in [-0.25, -0.2) is 13.6 Å². The third-order valence-electron chi connectivity index (χ3n) is 2.60. The van der Waals surface area contributed by atoms with E-state index >= 15 is 0 Å². The Morgan fingerprint density at radius 1 is 1.35 bits per heavy atom. The summed E-state index contributed by atoms with van der Waals surface area (Å²) in [5.74, 6) is 0.357. The molecule has 20 heavy (non-hydrogen) atoms. The van der Waals surface area contributed by atoms with Crippen LogP contribution in [0.4, 0.5) is 0 Å². The number of aromatic nitrogens is 3. The van der Waals surface area contributed by atoms with Crippen LogP contribution in [0.2, 0.25) is 5.02 Å². The van der Waals surface area contributed by atoms with E-state index < -0.39 is 10.0 Å². The van der Waals surface area contributed by atoms with E-state index in [1.165, 1.54) is 4.57 Å². The fourth-order valence-corrected chi connectivity index (χ4v) is 3.08. The van der Waals surface area contributed by atoms with Crippen LogP contribution < -0.4 is 5.14 Å². The maximum absolute atomic E-state index is 11.6. The summed E-state index contributed by atoms with van der Waals surface area (Å²) in [6, 6.07) is 5.03. The predicted octanol–water partition coefficient (Wildman–Crippen LogP) is 2.59. The van der Waals surface area contributed by atoms with Crippen LogP contribution in [0.5, 0.6) is 0 Å². The van der Waals surface area contributed by atoms with Crippen LogP contribution in [0.15, 0.2) is 27.8 Å². The standard InChI is InChI=1S/C11H12BrClN4O2S/c1-6(2)17-10(15-16-11(17)20(14,18)19)8-5-7(12)3-4-9(8)13/h3-6H,1-2H3,(H2,14,18,19). The largest absolute Gasteiger partial charge is 0.294 e. The molecule has 0 spiro atoms. The van der Waals surface area contributed by atoms with Gasteiger partial charge in [0.1, 0.15) is 0 Å². The number of halogens is 2. The van der Waals surface area contributed by atoms with Gasteiger partial charge < -0.3 is 0 Å². The van der Waals surface area contributed by atoms with Crippen molar-refractivity contribution < 1.29 is 8.42 Å². The first-order chi connectivity index (χ1) is 9.21. The molecule has 2 N–H and O–H groups in total. The lowest BCUT2D eigenvalue weighted by Crippen LogP contribution is -2.20. The monoisotopic (exact) mass is 378 g/mol. The third-order valence-corrected chi connectivity index (χ3v) is 4.21. The van der Waals surface area contributed by atoms with E-state index in [4.69, 9.17) is 16.7 Å². The number of nitrogens with two attached hydrogens (primary N) is 1. The van der Waals surface area contributed by atoms with Gasteiger partial charge in [0.05, 0.1) is 5.02 Å². The summed E-state index contributed by atoms with van der Waals surface area (Å²) >= 11 is 9.49. The molecule has 0 unspecified atom stereocenters. The summed E-state index contributed by atoms with van der Waals surface area (Å²) in [7, 11) is -3.95. The Kier molecular flexibility index (Phi) is 4.19. The van der Waals surface area contributed by atoms with E-state index in [-0.39, 0.29) is 11.2 Å². The highest BCUT2D eigenvalue weighted by Crippen LogP contribution is 2.32. The molecule has 1 aromatic carbocycles. The maximum atomic E-state index is 11.6. The molecule has 0 fully saturated rings. The summed E-state index contributed by atoms with van der Waals surface area (Å²) in [5, 5.41) is 12.9. The van der Waals surface area contributed by atoms with Crippen molar-refractivity contribution in [2.45, 2.75) is 25.0 Å². The van der Waals surface area contributed by atoms with Crippen LogP contribution in [-0.2, 0) is 10.0 Å². The molecule has 0 saturated carbocycles. The second kappa shape index (κ2) is 5.44. The van der Waals surface area contributed by atoms with Crippen molar-refractivity contribution in [1.82, 2.24) is 14.8 Å². The van der Waals surface area contributed by atoms with Crippen molar-refractivity contribution in [3.05, 3.63) is 27.7 Å². The summed E-state index contributed by atoms with van der Waals surface area (Å²) < 4.78 is 25.4. The Morgan fingerprint density at radius 2 is 2.00 bits per heavy atom. The molecule has 0 bridgehead atoms. The number of primary sulfonamides is 1. The second-order valence-electron chi connectivity index (χ2n) is 4.44. The SMILES string of the molecule is CC(C)n1c(-c2cc(Br)ccc2Cl)nnc1S(N)(=O)=O. The smallest absolute Gasteiger partial charge is 0.273 e. The minimum atomic E-state index is -3.95. The molecular weight excluding hydrogens is 368 g/mol. The molecule has 2 rings (SSSR count). The van der Waals surface area contributed by atoms with Gasteiger partial charge in [-0.2, -0.15) is 0 Å². The fraction of sp³-hybridized carbons (Fsp3) is 0.273. The van der Waals surface area contributed by atoms with Crippen LogP contribution in [0.1, 0.15) is 19.9 Å². The summed E-state index contributed by atoms with van der Waals surface area (Å²) in [6.45, 7) is 3.63. The highest BCUT2D eigenvalue weighted by Gasteiger charge is 2.24. The minimum absolute atomic E-state index is 0.191. The van der Waals surface area contributed by atoms with E-state index in [0.29, 0.717) is 16.4 Å². The zero-order valence-electron chi connectivity index (χ0n) is 10.7. The second-order valence-corrected chi connectivity index (χ2v) is 7.22. The normalized spacial score (nSPS) is 12.1. The molecule has 9 heteroatoms. The van der Waals surface area contributed by atoms with Gasteiger partial charge in [-0.3, -0.25) is 4.57 Å². The van der Waals surface area contributed by atoms with E-state index in [2.05, 4.69) is 26.1 Å². The maximum Gasteiger partial charge on any atom is 0.273 e.